The van der Waals surface area contributed by atoms with E-state index in [1.807, 2.05) is 47.5 Å². The second-order valence-corrected chi connectivity index (χ2v) is 8.16. The first kappa shape index (κ1) is 17.1. The summed E-state index contributed by atoms with van der Waals surface area (Å²) >= 11 is 1.78. The van der Waals surface area contributed by atoms with Gasteiger partial charge in [-0.3, -0.25) is 4.79 Å². The van der Waals surface area contributed by atoms with Gasteiger partial charge in [-0.05, 0) is 37.1 Å². The molecular formula is C22H20N4OS. The predicted molar refractivity (Wildman–Crippen MR) is 111 cm³/mol. The number of fused-ring (bicyclic) bond motifs is 1. The van der Waals surface area contributed by atoms with Gasteiger partial charge in [0.05, 0.1) is 32.7 Å². The van der Waals surface area contributed by atoms with Gasteiger partial charge in [-0.1, -0.05) is 30.3 Å². The van der Waals surface area contributed by atoms with Crippen molar-refractivity contribution < 1.29 is 4.79 Å². The van der Waals surface area contributed by atoms with Crippen molar-refractivity contribution in [3.63, 3.8) is 0 Å². The molecule has 140 valence electrons. The minimum absolute atomic E-state index is 0.0601. The van der Waals surface area contributed by atoms with E-state index in [4.69, 9.17) is 4.98 Å². The van der Waals surface area contributed by atoms with Gasteiger partial charge in [-0.25, -0.2) is 9.67 Å². The van der Waals surface area contributed by atoms with Crippen LogP contribution in [0.15, 0.2) is 67.0 Å². The van der Waals surface area contributed by atoms with Crippen LogP contribution < -0.4 is 0 Å². The fourth-order valence-corrected chi connectivity index (χ4v) is 4.87. The highest BCUT2D eigenvalue weighted by atomic mass is 32.1. The van der Waals surface area contributed by atoms with Crippen LogP contribution >= 0.6 is 11.3 Å². The Morgan fingerprint density at radius 3 is 2.54 bits per heavy atom. The van der Waals surface area contributed by atoms with Crippen LogP contribution in [0.25, 0.3) is 15.9 Å². The molecule has 0 aliphatic carbocycles. The van der Waals surface area contributed by atoms with E-state index in [1.54, 1.807) is 22.2 Å². The Bertz CT molecular complexity index is 1080. The van der Waals surface area contributed by atoms with E-state index >= 15 is 0 Å². The molecule has 0 unspecified atom stereocenters. The number of carbonyl (C=O) groups is 1. The summed E-state index contributed by atoms with van der Waals surface area (Å²) in [5, 5.41) is 5.55. The summed E-state index contributed by atoms with van der Waals surface area (Å²) in [4.78, 5) is 19.6. The molecule has 6 heteroatoms. The third kappa shape index (κ3) is 3.20. The molecule has 2 aromatic heterocycles. The van der Waals surface area contributed by atoms with Crippen molar-refractivity contribution in [3.8, 4) is 5.69 Å². The highest BCUT2D eigenvalue weighted by Gasteiger charge is 2.27. The van der Waals surface area contributed by atoms with Crippen molar-refractivity contribution in [2.24, 2.45) is 0 Å². The molecule has 4 aromatic rings. The first-order valence-electron chi connectivity index (χ1n) is 9.53. The van der Waals surface area contributed by atoms with Gasteiger partial charge in [-0.2, -0.15) is 5.10 Å². The number of amides is 1. The fourth-order valence-electron chi connectivity index (χ4n) is 3.73. The van der Waals surface area contributed by atoms with E-state index in [9.17, 15) is 4.79 Å². The number of hydrogen-bond donors (Lipinski definition) is 0. The van der Waals surface area contributed by atoms with Crippen molar-refractivity contribution in [1.82, 2.24) is 19.7 Å². The number of thiazole rings is 1. The molecule has 1 fully saturated rings. The lowest BCUT2D eigenvalue weighted by atomic mass is 9.97. The molecule has 2 aromatic carbocycles. The quantitative estimate of drug-likeness (QED) is 0.519. The minimum Gasteiger partial charge on any atom is -0.339 e. The molecule has 1 saturated heterocycles. The lowest BCUT2D eigenvalue weighted by Gasteiger charge is -2.30. The molecule has 0 bridgehead atoms. The normalized spacial score (nSPS) is 15.2. The zero-order valence-electron chi connectivity index (χ0n) is 15.4. The number of benzene rings is 2. The number of aromatic nitrogens is 3. The van der Waals surface area contributed by atoms with E-state index in [2.05, 4.69) is 23.3 Å². The summed E-state index contributed by atoms with van der Waals surface area (Å²) in [5.41, 5.74) is 2.67. The van der Waals surface area contributed by atoms with Gasteiger partial charge >= 0.3 is 0 Å². The number of nitrogens with zero attached hydrogens (tertiary/aromatic N) is 4. The van der Waals surface area contributed by atoms with Gasteiger partial charge in [0.15, 0.2) is 0 Å². The Labute approximate surface area is 167 Å². The van der Waals surface area contributed by atoms with Crippen molar-refractivity contribution in [2.75, 3.05) is 13.1 Å². The largest absolute Gasteiger partial charge is 0.339 e. The highest BCUT2D eigenvalue weighted by molar-refractivity contribution is 7.18. The Hall–Kier alpha value is -2.99. The molecule has 28 heavy (non-hydrogen) atoms. The Morgan fingerprint density at radius 2 is 1.75 bits per heavy atom. The molecular weight excluding hydrogens is 368 g/mol. The molecule has 1 aliphatic heterocycles. The summed E-state index contributed by atoms with van der Waals surface area (Å²) in [6.07, 6.45) is 5.39. The lowest BCUT2D eigenvalue weighted by Crippen LogP contribution is -2.37. The molecule has 0 N–H and O–H groups in total. The number of likely N-dealkylation sites (tertiary alicyclic amines) is 1. The zero-order valence-corrected chi connectivity index (χ0v) is 16.2. The average molecular weight is 388 g/mol. The summed E-state index contributed by atoms with van der Waals surface area (Å²) < 4.78 is 2.99. The average Bonchev–Trinajstić information content (AvgIpc) is 3.41. The van der Waals surface area contributed by atoms with Crippen LogP contribution in [0.3, 0.4) is 0 Å². The molecule has 1 amide bonds. The van der Waals surface area contributed by atoms with Crippen molar-refractivity contribution in [3.05, 3.63) is 77.6 Å². The lowest BCUT2D eigenvalue weighted by molar-refractivity contribution is 0.0713. The van der Waals surface area contributed by atoms with Crippen LogP contribution in [-0.2, 0) is 0 Å². The molecule has 0 radical (unpaired) electrons. The molecule has 5 nitrogen and oxygen atoms in total. The Kier molecular flexibility index (Phi) is 4.41. The standard InChI is InChI=1S/C22H20N4OS/c27-22(17-14-23-26(15-17)18-6-2-1-3-7-18)25-12-10-16(11-13-25)21-24-19-8-4-5-9-20(19)28-21/h1-9,14-16H,10-13H2. The van der Waals surface area contributed by atoms with Crippen LogP contribution in [0.4, 0.5) is 0 Å². The number of rotatable bonds is 3. The molecule has 3 heterocycles. The maximum absolute atomic E-state index is 12.9. The molecule has 0 spiro atoms. The SMILES string of the molecule is O=C(c1cnn(-c2ccccc2)c1)N1CCC(c2nc3ccccc3s2)CC1. The van der Waals surface area contributed by atoms with E-state index in [-0.39, 0.29) is 5.91 Å². The van der Waals surface area contributed by atoms with Crippen molar-refractivity contribution in [1.29, 1.82) is 0 Å². The van der Waals surface area contributed by atoms with Crippen LogP contribution in [0.5, 0.6) is 0 Å². The van der Waals surface area contributed by atoms with Gasteiger partial charge in [0.2, 0.25) is 0 Å². The third-order valence-electron chi connectivity index (χ3n) is 5.29. The number of carbonyl (C=O) groups excluding carboxylic acids is 1. The summed E-state index contributed by atoms with van der Waals surface area (Å²) in [6, 6.07) is 18.1. The van der Waals surface area contributed by atoms with Gasteiger partial charge in [0.25, 0.3) is 5.91 Å². The zero-order chi connectivity index (χ0) is 18.9. The Balaban J connectivity index is 1.26. The molecule has 5 rings (SSSR count). The predicted octanol–water partition coefficient (Wildman–Crippen LogP) is 4.50. The molecule has 0 saturated carbocycles. The van der Waals surface area contributed by atoms with E-state index in [1.165, 1.54) is 9.71 Å². The van der Waals surface area contributed by atoms with Gasteiger partial charge < -0.3 is 4.90 Å². The maximum atomic E-state index is 12.9. The topological polar surface area (TPSA) is 51.0 Å². The van der Waals surface area contributed by atoms with Crippen LogP contribution in [0, 0.1) is 0 Å². The maximum Gasteiger partial charge on any atom is 0.257 e. The van der Waals surface area contributed by atoms with Crippen LogP contribution in [0.1, 0.15) is 34.1 Å². The Morgan fingerprint density at radius 1 is 1.00 bits per heavy atom. The first-order valence-corrected chi connectivity index (χ1v) is 10.3. The second-order valence-electron chi connectivity index (χ2n) is 7.10. The van der Waals surface area contributed by atoms with E-state index in [0.717, 1.165) is 37.1 Å². The van der Waals surface area contributed by atoms with Crippen molar-refractivity contribution in [2.45, 2.75) is 18.8 Å². The third-order valence-corrected chi connectivity index (χ3v) is 6.49. The van der Waals surface area contributed by atoms with Gasteiger partial charge in [0.1, 0.15) is 0 Å². The minimum atomic E-state index is 0.0601. The summed E-state index contributed by atoms with van der Waals surface area (Å²) in [5.74, 6) is 0.499. The molecule has 1 aliphatic rings. The summed E-state index contributed by atoms with van der Waals surface area (Å²) in [6.45, 7) is 1.52. The van der Waals surface area contributed by atoms with Gasteiger partial charge in [0, 0.05) is 25.2 Å². The van der Waals surface area contributed by atoms with Gasteiger partial charge in [-0.15, -0.1) is 11.3 Å². The monoisotopic (exact) mass is 388 g/mol. The first-order chi connectivity index (χ1) is 13.8. The smallest absolute Gasteiger partial charge is 0.257 e. The summed E-state index contributed by atoms with van der Waals surface area (Å²) in [7, 11) is 0. The van der Waals surface area contributed by atoms with E-state index < -0.39 is 0 Å². The van der Waals surface area contributed by atoms with Crippen LogP contribution in [-0.4, -0.2) is 38.7 Å². The fraction of sp³-hybridized carbons (Fsp3) is 0.227. The number of piperidine rings is 1. The second kappa shape index (κ2) is 7.20. The van der Waals surface area contributed by atoms with Crippen LogP contribution in [0.2, 0.25) is 0 Å². The van der Waals surface area contributed by atoms with E-state index in [0.29, 0.717) is 11.5 Å². The van der Waals surface area contributed by atoms with Crippen molar-refractivity contribution >= 4 is 27.5 Å². The highest BCUT2D eigenvalue weighted by Crippen LogP contribution is 2.34. The number of para-hydroxylation sites is 2. The molecule has 0 atom stereocenters. The number of hydrogen-bond acceptors (Lipinski definition) is 4.